The topological polar surface area (TPSA) is 107 Å². The molecule has 2 aliphatic rings. The molecule has 0 N–H and O–H groups in total. The first kappa shape index (κ1) is 21.8. The number of methoxy groups -OCH3 is 1. The standard InChI is InChI=1S/C21H23NO7S/c1-10(2)15-7-14(28-6)8-16-17(15)21(25)22(30(16,26)27)9-29-20-13(5)18(23)11(3)12(4)19(20)24/h7-8,10H,9H2,1-6H3. The van der Waals surface area contributed by atoms with Gasteiger partial charge in [0.1, 0.15) is 10.6 Å². The van der Waals surface area contributed by atoms with Crippen molar-refractivity contribution >= 4 is 27.5 Å². The summed E-state index contributed by atoms with van der Waals surface area (Å²) in [7, 11) is -2.80. The van der Waals surface area contributed by atoms with Crippen molar-refractivity contribution in [2.24, 2.45) is 0 Å². The number of rotatable bonds is 5. The molecule has 0 aromatic heterocycles. The summed E-state index contributed by atoms with van der Waals surface area (Å²) < 4.78 is 37.3. The fourth-order valence-corrected chi connectivity index (χ4v) is 4.93. The number of nitrogens with zero attached hydrogens (tertiary/aromatic N) is 1. The van der Waals surface area contributed by atoms with Crippen LogP contribution >= 0.6 is 0 Å². The maximum absolute atomic E-state index is 13.0. The summed E-state index contributed by atoms with van der Waals surface area (Å²) in [5.41, 5.74) is 1.23. The fraction of sp³-hybridized carbons (Fsp3) is 0.381. The Morgan fingerprint density at radius 2 is 1.57 bits per heavy atom. The molecule has 0 spiro atoms. The second-order valence-electron chi connectivity index (χ2n) is 7.54. The summed E-state index contributed by atoms with van der Waals surface area (Å²) in [4.78, 5) is 37.6. The molecule has 1 aliphatic heterocycles. The van der Waals surface area contributed by atoms with Crippen LogP contribution in [0.5, 0.6) is 5.75 Å². The van der Waals surface area contributed by atoms with Crippen molar-refractivity contribution < 1.29 is 32.3 Å². The van der Waals surface area contributed by atoms with E-state index in [-0.39, 0.29) is 39.1 Å². The molecule has 0 saturated carbocycles. The number of hydrogen-bond acceptors (Lipinski definition) is 7. The van der Waals surface area contributed by atoms with Crippen molar-refractivity contribution in [3.63, 3.8) is 0 Å². The summed E-state index contributed by atoms with van der Waals surface area (Å²) in [6.45, 7) is 7.44. The molecule has 1 aromatic rings. The fourth-order valence-electron chi connectivity index (χ4n) is 3.46. The normalized spacial score (nSPS) is 18.5. The zero-order valence-corrected chi connectivity index (χ0v) is 18.5. The number of carbonyl (C=O) groups excluding carboxylic acids is 3. The molecular formula is C21H23NO7S. The van der Waals surface area contributed by atoms with E-state index >= 15 is 0 Å². The SMILES string of the molecule is COc1cc(C(C)C)c2c(c1)S(=O)(=O)N(COC1=C(C)C(=O)C(C)=C(C)C1=O)C2=O. The van der Waals surface area contributed by atoms with Crippen molar-refractivity contribution in [3.05, 3.63) is 45.7 Å². The van der Waals surface area contributed by atoms with Gasteiger partial charge in [-0.1, -0.05) is 13.8 Å². The van der Waals surface area contributed by atoms with E-state index in [4.69, 9.17) is 9.47 Å². The van der Waals surface area contributed by atoms with Crippen LogP contribution in [-0.4, -0.2) is 44.0 Å². The molecule has 1 aliphatic carbocycles. The summed E-state index contributed by atoms with van der Waals surface area (Å²) in [6, 6.07) is 2.93. The van der Waals surface area contributed by atoms with Gasteiger partial charge in [-0.3, -0.25) is 14.4 Å². The highest BCUT2D eigenvalue weighted by Gasteiger charge is 2.44. The predicted molar refractivity (Wildman–Crippen MR) is 107 cm³/mol. The quantitative estimate of drug-likeness (QED) is 0.657. The highest BCUT2D eigenvalue weighted by atomic mass is 32.2. The Bertz CT molecular complexity index is 1160. The van der Waals surface area contributed by atoms with Crippen LogP contribution in [0.4, 0.5) is 0 Å². The third-order valence-corrected chi connectivity index (χ3v) is 7.16. The minimum atomic E-state index is -4.21. The molecule has 0 fully saturated rings. The number of carbonyl (C=O) groups is 3. The molecule has 0 unspecified atom stereocenters. The number of benzene rings is 1. The van der Waals surface area contributed by atoms with Crippen LogP contribution in [-0.2, 0) is 24.3 Å². The molecule has 0 radical (unpaired) electrons. The smallest absolute Gasteiger partial charge is 0.272 e. The third kappa shape index (κ3) is 3.13. The third-order valence-electron chi connectivity index (χ3n) is 5.43. The number of Topliss-reactive ketones (excluding diaryl/α,β-unsaturated/α-hetero) is 2. The number of ether oxygens (including phenoxy) is 2. The van der Waals surface area contributed by atoms with Crippen molar-refractivity contribution in [1.82, 2.24) is 4.31 Å². The van der Waals surface area contributed by atoms with Crippen LogP contribution in [0, 0.1) is 0 Å². The number of sulfonamides is 1. The number of amides is 1. The molecule has 1 amide bonds. The molecule has 8 nitrogen and oxygen atoms in total. The van der Waals surface area contributed by atoms with Crippen molar-refractivity contribution in [3.8, 4) is 5.75 Å². The lowest BCUT2D eigenvalue weighted by atomic mass is 9.91. The molecule has 0 saturated heterocycles. The predicted octanol–water partition coefficient (Wildman–Crippen LogP) is 2.70. The van der Waals surface area contributed by atoms with Gasteiger partial charge in [0, 0.05) is 22.8 Å². The van der Waals surface area contributed by atoms with Gasteiger partial charge >= 0.3 is 0 Å². The Kier molecular flexibility index (Phi) is 5.36. The van der Waals surface area contributed by atoms with Crippen molar-refractivity contribution in [2.75, 3.05) is 13.8 Å². The first-order valence-electron chi connectivity index (χ1n) is 9.33. The number of ketones is 2. The molecule has 9 heteroatoms. The molecule has 1 aromatic carbocycles. The van der Waals surface area contributed by atoms with Crippen LogP contribution in [0.15, 0.2) is 39.5 Å². The van der Waals surface area contributed by atoms with Gasteiger partial charge in [-0.05, 0) is 38.3 Å². The largest absolute Gasteiger partial charge is 0.497 e. The van der Waals surface area contributed by atoms with Crippen molar-refractivity contribution in [2.45, 2.75) is 45.4 Å². The highest BCUT2D eigenvalue weighted by molar-refractivity contribution is 7.90. The maximum Gasteiger partial charge on any atom is 0.272 e. The van der Waals surface area contributed by atoms with E-state index in [0.29, 0.717) is 21.2 Å². The van der Waals surface area contributed by atoms with Gasteiger partial charge in [-0.2, -0.15) is 4.31 Å². The highest BCUT2D eigenvalue weighted by Crippen LogP contribution is 2.39. The molecule has 1 heterocycles. The average Bonchev–Trinajstić information content (AvgIpc) is 2.90. The Hall–Kier alpha value is -2.94. The maximum atomic E-state index is 13.0. The second-order valence-corrected chi connectivity index (χ2v) is 9.37. The second kappa shape index (κ2) is 7.39. The Labute approximate surface area is 175 Å². The van der Waals surface area contributed by atoms with E-state index in [1.807, 2.05) is 13.8 Å². The summed E-state index contributed by atoms with van der Waals surface area (Å²) >= 11 is 0. The summed E-state index contributed by atoms with van der Waals surface area (Å²) in [5, 5.41) is 0. The van der Waals surface area contributed by atoms with Crippen LogP contribution in [0.25, 0.3) is 0 Å². The molecule has 0 atom stereocenters. The van der Waals surface area contributed by atoms with Gasteiger partial charge in [-0.15, -0.1) is 0 Å². The molecular weight excluding hydrogens is 410 g/mol. The van der Waals surface area contributed by atoms with Crippen LogP contribution in [0.2, 0.25) is 0 Å². The van der Waals surface area contributed by atoms with Gasteiger partial charge in [-0.25, -0.2) is 8.42 Å². The monoisotopic (exact) mass is 433 g/mol. The zero-order chi connectivity index (χ0) is 22.5. The van der Waals surface area contributed by atoms with E-state index in [1.165, 1.54) is 27.0 Å². The summed E-state index contributed by atoms with van der Waals surface area (Å²) in [6.07, 6.45) is 0. The van der Waals surface area contributed by atoms with E-state index in [0.717, 1.165) is 0 Å². The lowest BCUT2D eigenvalue weighted by Gasteiger charge is -2.21. The van der Waals surface area contributed by atoms with Gasteiger partial charge in [0.25, 0.3) is 15.9 Å². The lowest BCUT2D eigenvalue weighted by Crippen LogP contribution is -2.34. The molecule has 30 heavy (non-hydrogen) atoms. The lowest BCUT2D eigenvalue weighted by molar-refractivity contribution is -0.119. The van der Waals surface area contributed by atoms with Crippen LogP contribution < -0.4 is 4.74 Å². The Morgan fingerprint density at radius 1 is 0.967 bits per heavy atom. The molecule has 0 bridgehead atoms. The van der Waals surface area contributed by atoms with Crippen molar-refractivity contribution in [1.29, 1.82) is 0 Å². The first-order chi connectivity index (χ1) is 13.9. The average molecular weight is 433 g/mol. The van der Waals surface area contributed by atoms with Gasteiger partial charge in [0.05, 0.1) is 12.7 Å². The minimum absolute atomic E-state index is 0.0677. The number of hydrogen-bond donors (Lipinski definition) is 0. The summed E-state index contributed by atoms with van der Waals surface area (Å²) in [5.74, 6) is -1.66. The zero-order valence-electron chi connectivity index (χ0n) is 17.7. The Balaban J connectivity index is 1.99. The number of allylic oxidation sites excluding steroid dienone is 3. The van der Waals surface area contributed by atoms with Gasteiger partial charge in [0.15, 0.2) is 18.3 Å². The molecule has 160 valence electrons. The van der Waals surface area contributed by atoms with Gasteiger partial charge in [0.2, 0.25) is 5.78 Å². The van der Waals surface area contributed by atoms with E-state index in [1.54, 1.807) is 13.0 Å². The van der Waals surface area contributed by atoms with Crippen LogP contribution in [0.3, 0.4) is 0 Å². The number of fused-ring (bicyclic) bond motifs is 1. The van der Waals surface area contributed by atoms with E-state index in [2.05, 4.69) is 0 Å². The molecule has 3 rings (SSSR count). The van der Waals surface area contributed by atoms with E-state index in [9.17, 15) is 22.8 Å². The minimum Gasteiger partial charge on any atom is -0.497 e. The van der Waals surface area contributed by atoms with Gasteiger partial charge < -0.3 is 9.47 Å². The Morgan fingerprint density at radius 3 is 2.13 bits per heavy atom. The first-order valence-corrected chi connectivity index (χ1v) is 10.8. The van der Waals surface area contributed by atoms with E-state index < -0.39 is 28.4 Å². The van der Waals surface area contributed by atoms with Crippen LogP contribution in [0.1, 0.15) is 56.5 Å².